The number of benzene rings is 3. The summed E-state index contributed by atoms with van der Waals surface area (Å²) >= 11 is 14.0. The molecule has 11 heteroatoms. The lowest BCUT2D eigenvalue weighted by Gasteiger charge is -2.22. The van der Waals surface area contributed by atoms with Gasteiger partial charge in [-0.2, -0.15) is 4.99 Å². The van der Waals surface area contributed by atoms with Gasteiger partial charge in [0.2, 0.25) is 0 Å². The van der Waals surface area contributed by atoms with E-state index in [1.165, 1.54) is 39.9 Å². The zero-order valence-electron chi connectivity index (χ0n) is 19.5. The van der Waals surface area contributed by atoms with Crippen LogP contribution in [0, 0.1) is 0 Å². The lowest BCUT2D eigenvalue weighted by atomic mass is 10.2. The number of rotatable bonds is 8. The summed E-state index contributed by atoms with van der Waals surface area (Å²) in [5.41, 5.74) is 1.51. The Hall–Kier alpha value is -2.69. The number of amides is 1. The molecule has 0 atom stereocenters. The average molecular weight is 565 g/mol. The number of fused-ring (bicyclic) bond motifs is 1. The van der Waals surface area contributed by atoms with Crippen LogP contribution in [0.2, 0.25) is 10.0 Å². The second-order valence-corrected chi connectivity index (χ2v) is 11.3. The van der Waals surface area contributed by atoms with E-state index in [9.17, 15) is 13.2 Å². The molecule has 0 fully saturated rings. The molecule has 0 radical (unpaired) electrons. The van der Waals surface area contributed by atoms with Crippen LogP contribution < -0.4 is 9.11 Å². The maximum Gasteiger partial charge on any atom is 0.279 e. The Bertz CT molecular complexity index is 1560. The SMILES string of the molecule is CCN(c1ccccc1)S(=O)(=O)c1ccc(C(=O)N=c2sc3ccc(Cl)c(Cl)c3n2CCOC)cc1. The Balaban J connectivity index is 1.69. The standard InChI is InChI=1S/C25H23Cl2N3O4S2/c1-3-30(18-7-5-4-6-8-18)36(32,33)19-11-9-17(10-12-19)24(31)28-25-29(15-16-34-2)23-21(35-25)14-13-20(26)22(23)27/h4-14H,3,15-16H2,1-2H3. The van der Waals surface area contributed by atoms with Crippen LogP contribution in [-0.4, -0.2) is 39.2 Å². The minimum absolute atomic E-state index is 0.0863. The van der Waals surface area contributed by atoms with Crippen LogP contribution in [0.1, 0.15) is 17.3 Å². The van der Waals surface area contributed by atoms with Crippen molar-refractivity contribution in [1.29, 1.82) is 0 Å². The molecule has 4 rings (SSSR count). The second kappa shape index (κ2) is 11.1. The summed E-state index contributed by atoms with van der Waals surface area (Å²) in [5.74, 6) is -0.505. The molecular weight excluding hydrogens is 541 g/mol. The van der Waals surface area contributed by atoms with Crippen molar-refractivity contribution < 1.29 is 17.9 Å². The van der Waals surface area contributed by atoms with E-state index in [1.807, 2.05) is 12.1 Å². The van der Waals surface area contributed by atoms with Crippen LogP contribution in [0.5, 0.6) is 0 Å². The van der Waals surface area contributed by atoms with Crippen molar-refractivity contribution in [3.8, 4) is 0 Å². The highest BCUT2D eigenvalue weighted by Gasteiger charge is 2.24. The van der Waals surface area contributed by atoms with E-state index in [-0.39, 0.29) is 17.0 Å². The topological polar surface area (TPSA) is 81.0 Å². The molecule has 7 nitrogen and oxygen atoms in total. The smallest absolute Gasteiger partial charge is 0.279 e. The number of halogens is 2. The number of nitrogens with zero attached hydrogens (tertiary/aromatic N) is 3. The maximum absolute atomic E-state index is 13.2. The number of hydrogen-bond acceptors (Lipinski definition) is 5. The maximum atomic E-state index is 13.2. The van der Waals surface area contributed by atoms with Gasteiger partial charge in [0.05, 0.1) is 37.5 Å². The number of anilines is 1. The zero-order valence-corrected chi connectivity index (χ0v) is 22.7. The normalized spacial score (nSPS) is 12.3. The first-order valence-electron chi connectivity index (χ1n) is 11.0. The van der Waals surface area contributed by atoms with E-state index in [1.54, 1.807) is 48.9 Å². The van der Waals surface area contributed by atoms with Gasteiger partial charge in [0.25, 0.3) is 15.9 Å². The van der Waals surface area contributed by atoms with Crippen molar-refractivity contribution in [3.05, 3.63) is 87.1 Å². The quantitative estimate of drug-likeness (QED) is 0.279. The molecule has 0 unspecified atom stereocenters. The molecule has 4 aromatic rings. The van der Waals surface area contributed by atoms with Gasteiger partial charge in [-0.15, -0.1) is 0 Å². The van der Waals surface area contributed by atoms with E-state index >= 15 is 0 Å². The number of hydrogen-bond donors (Lipinski definition) is 0. The van der Waals surface area contributed by atoms with Crippen LogP contribution in [0.15, 0.2) is 76.6 Å². The van der Waals surface area contributed by atoms with Gasteiger partial charge in [0, 0.05) is 25.8 Å². The average Bonchev–Trinajstić information content (AvgIpc) is 3.23. The molecule has 0 aliphatic rings. The molecule has 1 aromatic heterocycles. The van der Waals surface area contributed by atoms with Crippen molar-refractivity contribution in [2.24, 2.45) is 4.99 Å². The Morgan fingerprint density at radius 2 is 1.75 bits per heavy atom. The van der Waals surface area contributed by atoms with Gasteiger partial charge in [-0.05, 0) is 55.5 Å². The number of methoxy groups -OCH3 is 1. The van der Waals surface area contributed by atoms with Crippen molar-refractivity contribution in [3.63, 3.8) is 0 Å². The van der Waals surface area contributed by atoms with Gasteiger partial charge in [0.1, 0.15) is 0 Å². The highest BCUT2D eigenvalue weighted by atomic mass is 35.5. The fourth-order valence-corrected chi connectivity index (χ4v) is 6.72. The summed E-state index contributed by atoms with van der Waals surface area (Å²) in [6, 6.07) is 18.2. The number of sulfonamides is 1. The fraction of sp³-hybridized carbons (Fsp3) is 0.200. The predicted molar refractivity (Wildman–Crippen MR) is 145 cm³/mol. The summed E-state index contributed by atoms with van der Waals surface area (Å²) < 4.78 is 35.6. The minimum Gasteiger partial charge on any atom is -0.383 e. The van der Waals surface area contributed by atoms with Crippen molar-refractivity contribution >= 4 is 66.4 Å². The van der Waals surface area contributed by atoms with Crippen molar-refractivity contribution in [2.45, 2.75) is 18.4 Å². The van der Waals surface area contributed by atoms with Gasteiger partial charge in [-0.3, -0.25) is 9.10 Å². The van der Waals surface area contributed by atoms with Gasteiger partial charge in [0.15, 0.2) is 4.80 Å². The summed E-state index contributed by atoms with van der Waals surface area (Å²) in [4.78, 5) is 17.8. The molecule has 1 amide bonds. The van der Waals surface area contributed by atoms with E-state index in [2.05, 4.69) is 4.99 Å². The third kappa shape index (κ3) is 5.21. The molecule has 0 aliphatic carbocycles. The van der Waals surface area contributed by atoms with Crippen LogP contribution in [0.25, 0.3) is 10.2 Å². The first kappa shape index (κ1) is 26.4. The molecule has 36 heavy (non-hydrogen) atoms. The minimum atomic E-state index is -3.80. The van der Waals surface area contributed by atoms with Crippen molar-refractivity contribution in [1.82, 2.24) is 4.57 Å². The third-order valence-corrected chi connectivity index (χ3v) is 9.23. The summed E-state index contributed by atoms with van der Waals surface area (Å²) in [6.45, 7) is 2.84. The predicted octanol–water partition coefficient (Wildman–Crippen LogP) is 5.61. The molecule has 188 valence electrons. The number of para-hydroxylation sites is 1. The van der Waals surface area contributed by atoms with Gasteiger partial charge in [-0.1, -0.05) is 52.7 Å². The molecule has 0 aliphatic heterocycles. The van der Waals surface area contributed by atoms with Crippen LogP contribution in [0.3, 0.4) is 0 Å². The molecule has 0 saturated carbocycles. The zero-order chi connectivity index (χ0) is 25.9. The Morgan fingerprint density at radius 1 is 1.06 bits per heavy atom. The van der Waals surface area contributed by atoms with Gasteiger partial charge < -0.3 is 9.30 Å². The van der Waals surface area contributed by atoms with Crippen molar-refractivity contribution in [2.75, 3.05) is 24.6 Å². The fourth-order valence-electron chi connectivity index (χ4n) is 3.71. The van der Waals surface area contributed by atoms with E-state index in [0.29, 0.717) is 39.2 Å². The van der Waals surface area contributed by atoms with E-state index < -0.39 is 15.9 Å². The number of ether oxygens (including phenoxy) is 1. The summed E-state index contributed by atoms with van der Waals surface area (Å²) in [7, 11) is -2.22. The molecule has 3 aromatic carbocycles. The largest absolute Gasteiger partial charge is 0.383 e. The van der Waals surface area contributed by atoms with Gasteiger partial charge in [-0.25, -0.2) is 8.42 Å². The number of carbonyl (C=O) groups is 1. The Labute approximate surface area is 223 Å². The van der Waals surface area contributed by atoms with Gasteiger partial charge >= 0.3 is 0 Å². The van der Waals surface area contributed by atoms with Crippen LogP contribution >= 0.6 is 34.5 Å². The number of carbonyl (C=O) groups excluding carboxylic acids is 1. The molecule has 0 bridgehead atoms. The molecule has 0 saturated heterocycles. The lowest BCUT2D eigenvalue weighted by molar-refractivity contribution is 0.0997. The third-order valence-electron chi connectivity index (χ3n) is 5.47. The first-order valence-corrected chi connectivity index (χ1v) is 14.0. The first-order chi connectivity index (χ1) is 17.3. The van der Waals surface area contributed by atoms with E-state index in [0.717, 1.165) is 4.70 Å². The molecule has 0 N–H and O–H groups in total. The molecule has 1 heterocycles. The number of aromatic nitrogens is 1. The molecular formula is C25H23Cl2N3O4S2. The van der Waals surface area contributed by atoms with E-state index in [4.69, 9.17) is 27.9 Å². The highest BCUT2D eigenvalue weighted by Crippen LogP contribution is 2.32. The lowest BCUT2D eigenvalue weighted by Crippen LogP contribution is -2.30. The van der Waals surface area contributed by atoms with Crippen LogP contribution in [-0.2, 0) is 21.3 Å². The monoisotopic (exact) mass is 563 g/mol. The van der Waals surface area contributed by atoms with Crippen LogP contribution in [0.4, 0.5) is 5.69 Å². The Kier molecular flexibility index (Phi) is 8.17. The highest BCUT2D eigenvalue weighted by molar-refractivity contribution is 7.92. The second-order valence-electron chi connectivity index (χ2n) is 7.68. The number of thiazole rings is 1. The summed E-state index contributed by atoms with van der Waals surface area (Å²) in [6.07, 6.45) is 0. The Morgan fingerprint density at radius 3 is 2.39 bits per heavy atom. The molecule has 0 spiro atoms. The summed E-state index contributed by atoms with van der Waals surface area (Å²) in [5, 5.41) is 0.781.